The van der Waals surface area contributed by atoms with Crippen LogP contribution in [0.5, 0.6) is 0 Å². The van der Waals surface area contributed by atoms with Crippen LogP contribution in [-0.2, 0) is 20.8 Å². The summed E-state index contributed by atoms with van der Waals surface area (Å²) in [6, 6.07) is 14.6. The number of hydrogen-bond acceptors (Lipinski definition) is 3. The maximum Gasteiger partial charge on any atom is 0.248 e. The summed E-state index contributed by atoms with van der Waals surface area (Å²) in [5.41, 5.74) is 3.61. The predicted molar refractivity (Wildman–Crippen MR) is 118 cm³/mol. The largest absolute Gasteiger partial charge is 0.324 e. The number of benzene rings is 2. The highest BCUT2D eigenvalue weighted by Crippen LogP contribution is 2.56. The van der Waals surface area contributed by atoms with E-state index in [1.54, 1.807) is 0 Å². The van der Waals surface area contributed by atoms with Gasteiger partial charge in [0.15, 0.2) is 0 Å². The molecule has 5 rings (SSSR count). The first-order chi connectivity index (χ1) is 15.0. The number of fused-ring (bicyclic) bond motifs is 5. The van der Waals surface area contributed by atoms with Gasteiger partial charge in [0, 0.05) is 12.1 Å². The van der Waals surface area contributed by atoms with Gasteiger partial charge in [-0.3, -0.25) is 19.3 Å². The molecule has 1 N–H and O–H groups in total. The van der Waals surface area contributed by atoms with Crippen LogP contribution < -0.4 is 5.32 Å². The topological polar surface area (TPSA) is 66.5 Å². The van der Waals surface area contributed by atoms with Crippen molar-refractivity contribution in [2.24, 2.45) is 23.7 Å². The molecule has 2 aliphatic carbocycles. The molecule has 0 aromatic heterocycles. The highest BCUT2D eigenvalue weighted by atomic mass is 16.2. The number of hydrogen-bond donors (Lipinski definition) is 1. The minimum Gasteiger partial charge on any atom is -0.324 e. The molecule has 3 aliphatic rings. The lowest BCUT2D eigenvalue weighted by Crippen LogP contribution is -2.49. The third kappa shape index (κ3) is 3.27. The van der Waals surface area contributed by atoms with Crippen molar-refractivity contribution in [1.82, 2.24) is 4.90 Å². The highest BCUT2D eigenvalue weighted by molar-refractivity contribution is 6.10. The van der Waals surface area contributed by atoms with Gasteiger partial charge in [0.1, 0.15) is 6.04 Å². The number of imide groups is 1. The van der Waals surface area contributed by atoms with Crippen LogP contribution in [0.2, 0.25) is 0 Å². The zero-order valence-corrected chi connectivity index (χ0v) is 18.0. The van der Waals surface area contributed by atoms with Crippen LogP contribution >= 0.6 is 0 Å². The van der Waals surface area contributed by atoms with E-state index in [1.165, 1.54) is 4.90 Å². The number of aryl methyl sites for hydroxylation is 2. The van der Waals surface area contributed by atoms with E-state index in [9.17, 15) is 14.4 Å². The Morgan fingerprint density at radius 2 is 1.52 bits per heavy atom. The molecule has 160 valence electrons. The van der Waals surface area contributed by atoms with Gasteiger partial charge in [-0.1, -0.05) is 48.5 Å². The SMILES string of the molecule is Cc1cccc(C)c1NC(=O)[C@@H](Cc1ccccc1)N1C(=O)[C@@H]2[C@@H]3CC[C@H](C3)[C@@H]2C1=O. The molecule has 31 heavy (non-hydrogen) atoms. The molecule has 5 atom stereocenters. The van der Waals surface area contributed by atoms with Crippen molar-refractivity contribution in [1.29, 1.82) is 0 Å². The normalized spacial score (nSPS) is 27.5. The summed E-state index contributed by atoms with van der Waals surface area (Å²) in [5, 5.41) is 3.04. The van der Waals surface area contributed by atoms with E-state index in [-0.39, 0.29) is 29.6 Å². The monoisotopic (exact) mass is 416 g/mol. The Labute approximate surface area is 182 Å². The number of carbonyl (C=O) groups excluding carboxylic acids is 3. The smallest absolute Gasteiger partial charge is 0.248 e. The molecule has 3 fully saturated rings. The second-order valence-corrected chi connectivity index (χ2v) is 9.39. The molecular weight excluding hydrogens is 388 g/mol. The Bertz CT molecular complexity index is 1000. The van der Waals surface area contributed by atoms with Crippen molar-refractivity contribution in [2.45, 2.75) is 45.6 Å². The summed E-state index contributed by atoms with van der Waals surface area (Å²) in [4.78, 5) is 41.7. The van der Waals surface area contributed by atoms with Crippen molar-refractivity contribution in [3.8, 4) is 0 Å². The second-order valence-electron chi connectivity index (χ2n) is 9.39. The van der Waals surface area contributed by atoms with Crippen LogP contribution in [0.25, 0.3) is 0 Å². The number of rotatable bonds is 5. The Morgan fingerprint density at radius 3 is 2.10 bits per heavy atom. The lowest BCUT2D eigenvalue weighted by Gasteiger charge is -2.27. The van der Waals surface area contributed by atoms with E-state index in [0.29, 0.717) is 18.3 Å². The Hall–Kier alpha value is -2.95. The molecule has 1 saturated heterocycles. The first-order valence-electron chi connectivity index (χ1n) is 11.2. The molecule has 1 aliphatic heterocycles. The summed E-state index contributed by atoms with van der Waals surface area (Å²) in [7, 11) is 0. The number of nitrogens with zero attached hydrogens (tertiary/aromatic N) is 1. The molecule has 2 aromatic rings. The minimum atomic E-state index is -0.841. The zero-order chi connectivity index (χ0) is 21.7. The standard InChI is InChI=1S/C26H28N2O3/c1-15-7-6-8-16(2)23(15)27-24(29)20(13-17-9-4-3-5-10-17)28-25(30)21-18-11-12-19(14-18)22(21)26(28)31/h3-10,18-22H,11-14H2,1-2H3,(H,27,29)/t18-,19-,20-,21-,22+/m1/s1. The van der Waals surface area contributed by atoms with Crippen LogP contribution in [0.3, 0.4) is 0 Å². The molecule has 2 bridgehead atoms. The summed E-state index contributed by atoms with van der Waals surface area (Å²) < 4.78 is 0. The van der Waals surface area contributed by atoms with Gasteiger partial charge in [-0.25, -0.2) is 0 Å². The van der Waals surface area contributed by atoms with Crippen LogP contribution in [-0.4, -0.2) is 28.7 Å². The van der Waals surface area contributed by atoms with Gasteiger partial charge in [0.05, 0.1) is 11.8 Å². The van der Waals surface area contributed by atoms with Crippen molar-refractivity contribution in [3.05, 3.63) is 65.2 Å². The number of likely N-dealkylation sites (tertiary alicyclic amines) is 1. The predicted octanol–water partition coefficient (Wildman–Crippen LogP) is 3.88. The molecule has 1 heterocycles. The molecular formula is C26H28N2O3. The molecule has 5 nitrogen and oxygen atoms in total. The van der Waals surface area contributed by atoms with Gasteiger partial charge in [0.25, 0.3) is 0 Å². The fraction of sp³-hybridized carbons (Fsp3) is 0.423. The second kappa shape index (κ2) is 7.63. The number of nitrogens with one attached hydrogen (secondary N) is 1. The van der Waals surface area contributed by atoms with Crippen LogP contribution in [0.15, 0.2) is 48.5 Å². The molecule has 0 unspecified atom stereocenters. The van der Waals surface area contributed by atoms with E-state index in [1.807, 2.05) is 62.4 Å². The van der Waals surface area contributed by atoms with Crippen LogP contribution in [0.1, 0.15) is 36.0 Å². The Morgan fingerprint density at radius 1 is 0.935 bits per heavy atom. The van der Waals surface area contributed by atoms with Gasteiger partial charge in [0.2, 0.25) is 17.7 Å². The average Bonchev–Trinajstić information content (AvgIpc) is 3.44. The van der Waals surface area contributed by atoms with Gasteiger partial charge >= 0.3 is 0 Å². The lowest BCUT2D eigenvalue weighted by atomic mass is 9.81. The summed E-state index contributed by atoms with van der Waals surface area (Å²) in [6.07, 6.45) is 3.36. The van der Waals surface area contributed by atoms with Gasteiger partial charge in [-0.2, -0.15) is 0 Å². The first-order valence-corrected chi connectivity index (χ1v) is 11.2. The molecule has 0 radical (unpaired) electrons. The van der Waals surface area contributed by atoms with E-state index in [2.05, 4.69) is 5.32 Å². The summed E-state index contributed by atoms with van der Waals surface area (Å²) in [6.45, 7) is 3.89. The summed E-state index contributed by atoms with van der Waals surface area (Å²) in [5.74, 6) is -0.420. The highest BCUT2D eigenvalue weighted by Gasteiger charge is 2.62. The van der Waals surface area contributed by atoms with Gasteiger partial charge < -0.3 is 5.32 Å². The maximum absolute atomic E-state index is 13.5. The quantitative estimate of drug-likeness (QED) is 0.752. The van der Waals surface area contributed by atoms with Gasteiger partial charge in [-0.05, 0) is 61.6 Å². The van der Waals surface area contributed by atoms with Crippen LogP contribution in [0.4, 0.5) is 5.69 Å². The molecule has 3 amide bonds. The van der Waals surface area contributed by atoms with Crippen molar-refractivity contribution in [3.63, 3.8) is 0 Å². The number of para-hydroxylation sites is 1. The van der Waals surface area contributed by atoms with E-state index in [0.717, 1.165) is 41.6 Å². The molecule has 5 heteroatoms. The number of amides is 3. The molecule has 0 spiro atoms. The fourth-order valence-corrected chi connectivity index (χ4v) is 6.10. The van der Waals surface area contributed by atoms with E-state index in [4.69, 9.17) is 0 Å². The van der Waals surface area contributed by atoms with Gasteiger partial charge in [-0.15, -0.1) is 0 Å². The Kier molecular flexibility index (Phi) is 4.92. The van der Waals surface area contributed by atoms with Crippen molar-refractivity contribution < 1.29 is 14.4 Å². The lowest BCUT2D eigenvalue weighted by molar-refractivity contribution is -0.147. The fourth-order valence-electron chi connectivity index (χ4n) is 6.10. The molecule has 2 aromatic carbocycles. The number of anilines is 1. The third-order valence-electron chi connectivity index (χ3n) is 7.58. The Balaban J connectivity index is 1.48. The first kappa shape index (κ1) is 20.0. The molecule has 2 saturated carbocycles. The average molecular weight is 417 g/mol. The number of carbonyl (C=O) groups is 3. The third-order valence-corrected chi connectivity index (χ3v) is 7.58. The van der Waals surface area contributed by atoms with Crippen molar-refractivity contribution >= 4 is 23.4 Å². The van der Waals surface area contributed by atoms with E-state index >= 15 is 0 Å². The maximum atomic E-state index is 13.5. The minimum absolute atomic E-state index is 0.139. The zero-order valence-electron chi connectivity index (χ0n) is 18.0. The summed E-state index contributed by atoms with van der Waals surface area (Å²) >= 11 is 0. The van der Waals surface area contributed by atoms with Crippen molar-refractivity contribution in [2.75, 3.05) is 5.32 Å². The van der Waals surface area contributed by atoms with Crippen LogP contribution in [0, 0.1) is 37.5 Å². The van der Waals surface area contributed by atoms with E-state index < -0.39 is 6.04 Å².